The van der Waals surface area contributed by atoms with Gasteiger partial charge in [-0.2, -0.15) is 10.1 Å². The number of halogens is 1. The van der Waals surface area contributed by atoms with Crippen molar-refractivity contribution < 1.29 is 9.18 Å². The van der Waals surface area contributed by atoms with E-state index in [4.69, 9.17) is 9.97 Å². The summed E-state index contributed by atoms with van der Waals surface area (Å²) in [6.07, 6.45) is 7.16. The molecule has 33 heavy (non-hydrogen) atoms. The summed E-state index contributed by atoms with van der Waals surface area (Å²) in [6.45, 7) is 6.12. The van der Waals surface area contributed by atoms with E-state index in [1.54, 1.807) is 17.0 Å². The first kappa shape index (κ1) is 22.7. The molecule has 0 bridgehead atoms. The van der Waals surface area contributed by atoms with Crippen molar-refractivity contribution in [3.05, 3.63) is 59.3 Å². The van der Waals surface area contributed by atoms with Crippen LogP contribution < -0.4 is 15.1 Å². The zero-order chi connectivity index (χ0) is 23.4. The van der Waals surface area contributed by atoms with Crippen LogP contribution in [0.25, 0.3) is 0 Å². The second-order valence-electron chi connectivity index (χ2n) is 8.61. The molecule has 1 aliphatic rings. The fraction of sp³-hybridized carbons (Fsp3) is 0.417. The van der Waals surface area contributed by atoms with Gasteiger partial charge in [0.05, 0.1) is 11.9 Å². The minimum atomic E-state index is -0.225. The van der Waals surface area contributed by atoms with E-state index in [9.17, 15) is 9.18 Å². The summed E-state index contributed by atoms with van der Waals surface area (Å²) in [6, 6.07) is 6.78. The van der Waals surface area contributed by atoms with E-state index in [0.29, 0.717) is 25.6 Å². The largest absolute Gasteiger partial charge is 0.355 e. The Kier molecular flexibility index (Phi) is 6.86. The number of nitrogens with zero attached hydrogens (tertiary/aromatic N) is 6. The number of carbonyl (C=O) groups excluding carboxylic acids is 1. The number of aryl methyl sites for hydroxylation is 3. The molecule has 0 saturated heterocycles. The summed E-state index contributed by atoms with van der Waals surface area (Å²) < 4.78 is 14.9. The maximum atomic E-state index is 13.1. The van der Waals surface area contributed by atoms with Gasteiger partial charge in [-0.25, -0.2) is 9.37 Å². The number of nitrogens with one attached hydrogen (secondary N) is 1. The predicted octanol–water partition coefficient (Wildman–Crippen LogP) is 3.42. The molecule has 174 valence electrons. The van der Waals surface area contributed by atoms with Gasteiger partial charge < -0.3 is 15.1 Å². The van der Waals surface area contributed by atoms with E-state index in [-0.39, 0.29) is 11.9 Å². The van der Waals surface area contributed by atoms with E-state index in [2.05, 4.69) is 29.2 Å². The highest BCUT2D eigenvalue weighted by Gasteiger charge is 2.26. The number of amides is 1. The molecule has 8 nitrogen and oxygen atoms in total. The predicted molar refractivity (Wildman–Crippen MR) is 127 cm³/mol. The summed E-state index contributed by atoms with van der Waals surface area (Å²) in [5.74, 6) is 1.08. The van der Waals surface area contributed by atoms with Crippen LogP contribution >= 0.6 is 0 Å². The van der Waals surface area contributed by atoms with E-state index in [1.807, 2.05) is 24.1 Å². The van der Waals surface area contributed by atoms with Crippen molar-refractivity contribution in [2.75, 3.05) is 28.7 Å². The van der Waals surface area contributed by atoms with E-state index < -0.39 is 0 Å². The van der Waals surface area contributed by atoms with E-state index >= 15 is 0 Å². The van der Waals surface area contributed by atoms with Crippen LogP contribution in [0.1, 0.15) is 37.1 Å². The molecule has 1 aliphatic heterocycles. The summed E-state index contributed by atoms with van der Waals surface area (Å²) in [7, 11) is 1.99. The summed E-state index contributed by atoms with van der Waals surface area (Å²) in [5, 5.41) is 7.75. The second kappa shape index (κ2) is 9.97. The molecule has 0 fully saturated rings. The quantitative estimate of drug-likeness (QED) is 0.502. The molecule has 0 unspecified atom stereocenters. The first-order valence-electron chi connectivity index (χ1n) is 11.3. The van der Waals surface area contributed by atoms with Gasteiger partial charge in [-0.05, 0) is 50.8 Å². The van der Waals surface area contributed by atoms with Crippen molar-refractivity contribution in [1.29, 1.82) is 0 Å². The van der Waals surface area contributed by atoms with Crippen molar-refractivity contribution in [3.63, 3.8) is 0 Å². The summed E-state index contributed by atoms with van der Waals surface area (Å²) in [5.41, 5.74) is 3.79. The molecule has 1 aromatic carbocycles. The van der Waals surface area contributed by atoms with Gasteiger partial charge in [-0.3, -0.25) is 9.48 Å². The minimum Gasteiger partial charge on any atom is -0.355 e. The average Bonchev–Trinajstić information content (AvgIpc) is 3.28. The number of rotatable bonds is 9. The van der Waals surface area contributed by atoms with Crippen molar-refractivity contribution in [2.45, 2.75) is 52.2 Å². The fourth-order valence-electron chi connectivity index (χ4n) is 3.86. The normalized spacial score (nSPS) is 13.2. The molecule has 3 heterocycles. The molecule has 0 atom stereocenters. The Morgan fingerprint density at radius 2 is 2.00 bits per heavy atom. The third-order valence-electron chi connectivity index (χ3n) is 5.95. The van der Waals surface area contributed by atoms with Gasteiger partial charge in [0.1, 0.15) is 11.5 Å². The number of hydrogen-bond acceptors (Lipinski definition) is 6. The third kappa shape index (κ3) is 5.30. The van der Waals surface area contributed by atoms with Gasteiger partial charge >= 0.3 is 0 Å². The molecule has 0 spiro atoms. The monoisotopic (exact) mass is 451 g/mol. The molecular formula is C24H30FN7O. The fourth-order valence-corrected chi connectivity index (χ4v) is 3.86. The lowest BCUT2D eigenvalue weighted by atomic mass is 10.1. The van der Waals surface area contributed by atoms with E-state index in [1.165, 1.54) is 12.1 Å². The Balaban J connectivity index is 1.45. The van der Waals surface area contributed by atoms with Gasteiger partial charge in [0.2, 0.25) is 12.4 Å². The van der Waals surface area contributed by atoms with Gasteiger partial charge in [0, 0.05) is 44.5 Å². The Morgan fingerprint density at radius 3 is 2.73 bits per heavy atom. The van der Waals surface area contributed by atoms with Gasteiger partial charge in [-0.15, -0.1) is 0 Å². The number of anilines is 3. The van der Waals surface area contributed by atoms with Crippen LogP contribution in [0.2, 0.25) is 0 Å². The van der Waals surface area contributed by atoms with Crippen LogP contribution in [-0.4, -0.2) is 45.8 Å². The van der Waals surface area contributed by atoms with Crippen molar-refractivity contribution in [1.82, 2.24) is 19.7 Å². The van der Waals surface area contributed by atoms with Crippen LogP contribution in [0.3, 0.4) is 0 Å². The smallest absolute Gasteiger partial charge is 0.225 e. The zero-order valence-corrected chi connectivity index (χ0v) is 19.3. The standard InChI is InChI=1S/C24H30FN7O/c1-17(2)30(3)23-22-21(5-4-11-31(22)16-33)28-24(29-23)26-13-19-14-27-32(15-19)12-10-18-6-8-20(25)9-7-18/h6-9,14-17H,4-5,10-13H2,1-3H3,(H,26,28,29). The number of benzene rings is 1. The average molecular weight is 452 g/mol. The number of carbonyl (C=O) groups is 1. The van der Waals surface area contributed by atoms with Crippen molar-refractivity contribution in [3.8, 4) is 0 Å². The molecule has 1 amide bonds. The number of hydrogen-bond donors (Lipinski definition) is 1. The van der Waals surface area contributed by atoms with Crippen LogP contribution in [0, 0.1) is 5.82 Å². The SMILES string of the molecule is CC(C)N(C)c1nc(NCc2cnn(CCc3ccc(F)cc3)c2)nc2c1N(C=O)CCC2. The van der Waals surface area contributed by atoms with Crippen LogP contribution in [0.4, 0.5) is 21.8 Å². The molecular weight excluding hydrogens is 421 g/mol. The number of fused-ring (bicyclic) bond motifs is 1. The Hall–Kier alpha value is -3.49. The summed E-state index contributed by atoms with van der Waals surface area (Å²) in [4.78, 5) is 24.9. The maximum absolute atomic E-state index is 13.1. The second-order valence-corrected chi connectivity index (χ2v) is 8.61. The topological polar surface area (TPSA) is 79.2 Å². The highest BCUT2D eigenvalue weighted by Crippen LogP contribution is 2.35. The van der Waals surface area contributed by atoms with Gasteiger partial charge in [0.25, 0.3) is 0 Å². The first-order chi connectivity index (χ1) is 15.9. The molecule has 4 rings (SSSR count). The summed E-state index contributed by atoms with van der Waals surface area (Å²) >= 11 is 0. The molecule has 0 saturated carbocycles. The highest BCUT2D eigenvalue weighted by atomic mass is 19.1. The van der Waals surface area contributed by atoms with Crippen molar-refractivity contribution >= 4 is 23.9 Å². The third-order valence-corrected chi connectivity index (χ3v) is 5.95. The van der Waals surface area contributed by atoms with E-state index in [0.717, 1.165) is 54.0 Å². The lowest BCUT2D eigenvalue weighted by Crippen LogP contribution is -2.34. The van der Waals surface area contributed by atoms with Gasteiger partial charge in [-0.1, -0.05) is 12.1 Å². The zero-order valence-electron chi connectivity index (χ0n) is 19.3. The first-order valence-corrected chi connectivity index (χ1v) is 11.3. The maximum Gasteiger partial charge on any atom is 0.225 e. The Labute approximate surface area is 193 Å². The van der Waals surface area contributed by atoms with Crippen LogP contribution in [0.5, 0.6) is 0 Å². The lowest BCUT2D eigenvalue weighted by molar-refractivity contribution is -0.107. The molecule has 1 N–H and O–H groups in total. The lowest BCUT2D eigenvalue weighted by Gasteiger charge is -2.32. The Morgan fingerprint density at radius 1 is 1.21 bits per heavy atom. The molecule has 2 aromatic heterocycles. The Bertz CT molecular complexity index is 1100. The molecule has 3 aromatic rings. The van der Waals surface area contributed by atoms with Crippen LogP contribution in [0.15, 0.2) is 36.7 Å². The highest BCUT2D eigenvalue weighted by molar-refractivity contribution is 5.85. The molecule has 0 aliphatic carbocycles. The molecule has 9 heteroatoms. The minimum absolute atomic E-state index is 0.225. The van der Waals surface area contributed by atoms with Crippen LogP contribution in [-0.2, 0) is 30.7 Å². The van der Waals surface area contributed by atoms with Crippen molar-refractivity contribution in [2.24, 2.45) is 0 Å². The van der Waals surface area contributed by atoms with Gasteiger partial charge in [0.15, 0.2) is 5.82 Å². The molecule has 0 radical (unpaired) electrons. The number of aromatic nitrogens is 4.